The maximum atomic E-state index is 11.4. The molecule has 0 aliphatic rings. The lowest BCUT2D eigenvalue weighted by molar-refractivity contribution is 0.0955. The third kappa shape index (κ3) is 2.97. The smallest absolute Gasteiger partial charge is 0.255 e. The Bertz CT molecular complexity index is 424. The Hall–Kier alpha value is -2.06. The van der Waals surface area contributed by atoms with Crippen molar-refractivity contribution in [2.75, 3.05) is 13.7 Å². The van der Waals surface area contributed by atoms with Crippen molar-refractivity contribution in [2.24, 2.45) is 0 Å². The van der Waals surface area contributed by atoms with Crippen molar-refractivity contribution in [1.29, 1.82) is 5.26 Å². The van der Waals surface area contributed by atoms with E-state index in [-0.39, 0.29) is 17.9 Å². The van der Waals surface area contributed by atoms with E-state index in [4.69, 9.17) is 10.00 Å². The third-order valence-corrected chi connectivity index (χ3v) is 1.95. The van der Waals surface area contributed by atoms with Gasteiger partial charge in [-0.1, -0.05) is 6.07 Å². The summed E-state index contributed by atoms with van der Waals surface area (Å²) >= 11 is 0. The number of benzene rings is 1. The minimum atomic E-state index is -0.469. The molecule has 0 heterocycles. The van der Waals surface area contributed by atoms with Gasteiger partial charge in [-0.25, -0.2) is 0 Å². The second-order valence-electron chi connectivity index (χ2n) is 3.13. The lowest BCUT2D eigenvalue weighted by atomic mass is 10.1. The topological polar surface area (TPSA) is 82.3 Å². The van der Waals surface area contributed by atoms with Crippen LogP contribution in [0, 0.1) is 11.3 Å². The van der Waals surface area contributed by atoms with Gasteiger partial charge in [0.2, 0.25) is 0 Å². The maximum absolute atomic E-state index is 11.4. The molecule has 0 saturated carbocycles. The SMILES string of the molecule is COCc1ccc(C(=O)NCC#N)c(O)c1. The van der Waals surface area contributed by atoms with E-state index in [1.807, 2.05) is 0 Å². The standard InChI is InChI=1S/C11H12N2O3/c1-16-7-8-2-3-9(10(14)6-8)11(15)13-5-4-12/h2-3,6,14H,5,7H2,1H3,(H,13,15). The van der Waals surface area contributed by atoms with E-state index in [0.717, 1.165) is 5.56 Å². The molecule has 16 heavy (non-hydrogen) atoms. The molecular formula is C11H12N2O3. The number of nitriles is 1. The van der Waals surface area contributed by atoms with Crippen molar-refractivity contribution in [3.63, 3.8) is 0 Å². The number of carbonyl (C=O) groups excluding carboxylic acids is 1. The normalized spacial score (nSPS) is 9.50. The van der Waals surface area contributed by atoms with Crippen molar-refractivity contribution >= 4 is 5.91 Å². The highest BCUT2D eigenvalue weighted by atomic mass is 16.5. The van der Waals surface area contributed by atoms with Gasteiger partial charge in [-0.15, -0.1) is 0 Å². The van der Waals surface area contributed by atoms with Crippen LogP contribution in [0.15, 0.2) is 18.2 Å². The van der Waals surface area contributed by atoms with Crippen molar-refractivity contribution < 1.29 is 14.6 Å². The quantitative estimate of drug-likeness (QED) is 0.735. The molecule has 0 aliphatic carbocycles. The van der Waals surface area contributed by atoms with Gasteiger partial charge >= 0.3 is 0 Å². The second kappa shape index (κ2) is 5.73. The summed E-state index contributed by atoms with van der Waals surface area (Å²) in [4.78, 5) is 11.4. The molecule has 0 aliphatic heterocycles. The fourth-order valence-corrected chi connectivity index (χ4v) is 1.24. The molecule has 0 atom stereocenters. The summed E-state index contributed by atoms with van der Waals surface area (Å²) < 4.78 is 4.89. The van der Waals surface area contributed by atoms with Gasteiger partial charge in [-0.2, -0.15) is 5.26 Å². The number of amides is 1. The fraction of sp³-hybridized carbons (Fsp3) is 0.273. The Labute approximate surface area is 93.3 Å². The molecule has 0 unspecified atom stereocenters. The predicted molar refractivity (Wildman–Crippen MR) is 56.8 cm³/mol. The minimum Gasteiger partial charge on any atom is -0.507 e. The van der Waals surface area contributed by atoms with Crippen LogP contribution in [-0.4, -0.2) is 24.7 Å². The van der Waals surface area contributed by atoms with Crippen LogP contribution in [0.4, 0.5) is 0 Å². The summed E-state index contributed by atoms with van der Waals surface area (Å²) in [6.07, 6.45) is 0. The molecule has 5 nitrogen and oxygen atoms in total. The van der Waals surface area contributed by atoms with E-state index in [1.165, 1.54) is 12.1 Å². The van der Waals surface area contributed by atoms with E-state index in [1.54, 1.807) is 19.2 Å². The van der Waals surface area contributed by atoms with Crippen LogP contribution in [-0.2, 0) is 11.3 Å². The molecule has 0 aromatic heterocycles. The van der Waals surface area contributed by atoms with Crippen LogP contribution in [0.3, 0.4) is 0 Å². The number of nitrogens with zero attached hydrogens (tertiary/aromatic N) is 1. The summed E-state index contributed by atoms with van der Waals surface area (Å²) in [6.45, 7) is 0.283. The van der Waals surface area contributed by atoms with E-state index in [2.05, 4.69) is 5.32 Å². The summed E-state index contributed by atoms with van der Waals surface area (Å²) in [7, 11) is 1.55. The molecule has 1 aromatic rings. The third-order valence-electron chi connectivity index (χ3n) is 1.95. The van der Waals surface area contributed by atoms with Crippen LogP contribution >= 0.6 is 0 Å². The molecule has 0 fully saturated rings. The molecular weight excluding hydrogens is 208 g/mol. The highest BCUT2D eigenvalue weighted by Gasteiger charge is 2.10. The number of nitrogens with one attached hydrogen (secondary N) is 1. The first-order valence-electron chi connectivity index (χ1n) is 4.65. The van der Waals surface area contributed by atoms with Crippen LogP contribution in [0.5, 0.6) is 5.75 Å². The molecule has 2 N–H and O–H groups in total. The summed E-state index contributed by atoms with van der Waals surface area (Å²) in [6, 6.07) is 6.43. The minimum absolute atomic E-state index is 0.0852. The van der Waals surface area contributed by atoms with Crippen LogP contribution in [0.1, 0.15) is 15.9 Å². The number of phenols is 1. The molecule has 1 aromatic carbocycles. The molecule has 0 saturated heterocycles. The number of hydrogen-bond acceptors (Lipinski definition) is 4. The van der Waals surface area contributed by atoms with Crippen LogP contribution < -0.4 is 5.32 Å². The van der Waals surface area contributed by atoms with Crippen molar-refractivity contribution in [2.45, 2.75) is 6.61 Å². The van der Waals surface area contributed by atoms with E-state index in [0.29, 0.717) is 6.61 Å². The number of ether oxygens (including phenoxy) is 1. The number of phenolic OH excluding ortho intramolecular Hbond substituents is 1. The van der Waals surface area contributed by atoms with Gasteiger partial charge in [0.25, 0.3) is 5.91 Å². The molecule has 84 valence electrons. The number of carbonyl (C=O) groups is 1. The van der Waals surface area contributed by atoms with E-state index < -0.39 is 5.91 Å². The Morgan fingerprint density at radius 1 is 1.62 bits per heavy atom. The number of rotatable bonds is 4. The Balaban J connectivity index is 2.82. The highest BCUT2D eigenvalue weighted by molar-refractivity contribution is 5.96. The van der Waals surface area contributed by atoms with Gasteiger partial charge in [0, 0.05) is 7.11 Å². The summed E-state index contributed by atoms with van der Waals surface area (Å²) in [5.41, 5.74) is 0.923. The zero-order chi connectivity index (χ0) is 12.0. The van der Waals surface area contributed by atoms with Gasteiger partial charge < -0.3 is 15.2 Å². The predicted octanol–water partition coefficient (Wildman–Crippen LogP) is 0.792. The zero-order valence-electron chi connectivity index (χ0n) is 8.86. The lowest BCUT2D eigenvalue weighted by Crippen LogP contribution is -2.23. The fourth-order valence-electron chi connectivity index (χ4n) is 1.24. The molecule has 1 rings (SSSR count). The monoisotopic (exact) mass is 220 g/mol. The van der Waals surface area contributed by atoms with E-state index in [9.17, 15) is 9.90 Å². The van der Waals surface area contributed by atoms with Gasteiger partial charge in [-0.05, 0) is 17.7 Å². The average Bonchev–Trinajstić information content (AvgIpc) is 2.26. The molecule has 0 radical (unpaired) electrons. The van der Waals surface area contributed by atoms with Gasteiger partial charge in [-0.3, -0.25) is 4.79 Å². The zero-order valence-corrected chi connectivity index (χ0v) is 8.86. The largest absolute Gasteiger partial charge is 0.507 e. The average molecular weight is 220 g/mol. The van der Waals surface area contributed by atoms with Gasteiger partial charge in [0.1, 0.15) is 12.3 Å². The molecule has 1 amide bonds. The lowest BCUT2D eigenvalue weighted by Gasteiger charge is -2.06. The summed E-state index contributed by atoms with van der Waals surface area (Å²) in [5.74, 6) is -0.590. The molecule has 5 heteroatoms. The van der Waals surface area contributed by atoms with Crippen LogP contribution in [0.25, 0.3) is 0 Å². The summed E-state index contributed by atoms with van der Waals surface area (Å²) in [5, 5.41) is 20.2. The van der Waals surface area contributed by atoms with Gasteiger partial charge in [0.05, 0.1) is 18.2 Å². The van der Waals surface area contributed by atoms with E-state index >= 15 is 0 Å². The van der Waals surface area contributed by atoms with Crippen LogP contribution in [0.2, 0.25) is 0 Å². The Morgan fingerprint density at radius 2 is 2.38 bits per heavy atom. The molecule has 0 spiro atoms. The second-order valence-corrected chi connectivity index (χ2v) is 3.13. The first kappa shape index (κ1) is 12.0. The van der Waals surface area contributed by atoms with Crippen molar-refractivity contribution in [1.82, 2.24) is 5.32 Å². The maximum Gasteiger partial charge on any atom is 0.255 e. The Morgan fingerprint density at radius 3 is 2.94 bits per heavy atom. The highest BCUT2D eigenvalue weighted by Crippen LogP contribution is 2.19. The molecule has 0 bridgehead atoms. The van der Waals surface area contributed by atoms with Gasteiger partial charge in [0.15, 0.2) is 0 Å². The number of aromatic hydroxyl groups is 1. The Kier molecular flexibility index (Phi) is 4.30. The van der Waals surface area contributed by atoms with Crippen molar-refractivity contribution in [3.8, 4) is 11.8 Å². The van der Waals surface area contributed by atoms with Crippen molar-refractivity contribution in [3.05, 3.63) is 29.3 Å². The first-order chi connectivity index (χ1) is 7.69. The number of hydrogen-bond donors (Lipinski definition) is 2. The first-order valence-corrected chi connectivity index (χ1v) is 4.65. The number of methoxy groups -OCH3 is 1.